The molecule has 0 spiro atoms. The number of nitrogens with zero attached hydrogens (tertiary/aromatic N) is 6. The summed E-state index contributed by atoms with van der Waals surface area (Å²) in [5.41, 5.74) is 1.37. The minimum atomic E-state index is -1.68. The van der Waals surface area contributed by atoms with E-state index in [2.05, 4.69) is 31.2 Å². The van der Waals surface area contributed by atoms with E-state index in [0.29, 0.717) is 12.8 Å². The molecule has 2 aromatic heterocycles. The fourth-order valence-electron chi connectivity index (χ4n) is 12.2. The van der Waals surface area contributed by atoms with Crippen molar-refractivity contribution in [2.24, 2.45) is 11.8 Å². The number of pyridine rings is 1. The molecule has 28 heteroatoms. The first-order valence-corrected chi connectivity index (χ1v) is 32.8. The largest absolute Gasteiger partial charge is 0.505 e. The maximum absolute atomic E-state index is 14.8. The number of aromatic nitrogens is 2. The molecule has 99 heavy (non-hydrogen) atoms. The third-order valence-electron chi connectivity index (χ3n) is 17.4. The number of ether oxygens (including phenoxy) is 2. The number of aliphatic hydroxyl groups is 1. The second-order valence-electron chi connectivity index (χ2n) is 25.0. The summed E-state index contributed by atoms with van der Waals surface area (Å²) >= 11 is 0. The van der Waals surface area contributed by atoms with Crippen LogP contribution in [-0.2, 0) is 70.3 Å². The van der Waals surface area contributed by atoms with Crippen molar-refractivity contribution in [3.05, 3.63) is 161 Å². The van der Waals surface area contributed by atoms with Crippen molar-refractivity contribution in [3.8, 4) is 5.75 Å². The number of fused-ring (bicyclic) bond motifs is 5. The molecule has 10 atom stereocenters. The van der Waals surface area contributed by atoms with E-state index in [9.17, 15) is 67.7 Å². The van der Waals surface area contributed by atoms with Crippen LogP contribution in [0.2, 0.25) is 0 Å². The topological polar surface area (TPSA) is 364 Å². The molecule has 6 N–H and O–H groups in total. The number of likely N-dealkylation sites (N-methyl/N-ethyl adjacent to an activating group) is 1. The number of carbonyl (C=O) groups is 12. The lowest BCUT2D eigenvalue weighted by Gasteiger charge is -2.40. The van der Waals surface area contributed by atoms with Gasteiger partial charge in [0.15, 0.2) is 17.4 Å². The Morgan fingerprint density at radius 2 is 1.52 bits per heavy atom. The molecule has 3 fully saturated rings. The van der Waals surface area contributed by atoms with Gasteiger partial charge in [0.1, 0.15) is 71.7 Å². The van der Waals surface area contributed by atoms with E-state index in [0.717, 1.165) is 17.4 Å². The van der Waals surface area contributed by atoms with Crippen LogP contribution in [0.15, 0.2) is 137 Å². The van der Waals surface area contributed by atoms with E-state index in [-0.39, 0.29) is 136 Å². The Labute approximate surface area is 579 Å². The van der Waals surface area contributed by atoms with Gasteiger partial charge in [-0.3, -0.25) is 47.9 Å². The first kappa shape index (κ1) is 76.2. The number of cyclic esters (lactones) is 2. The van der Waals surface area contributed by atoms with Crippen molar-refractivity contribution in [1.82, 2.24) is 50.8 Å². The molecule has 4 aromatic rings. The molecule has 0 radical (unpaired) electrons. The molecule has 0 aliphatic carbocycles. The lowest BCUT2D eigenvalue weighted by Crippen LogP contribution is -2.61. The van der Waals surface area contributed by atoms with Gasteiger partial charge in [-0.1, -0.05) is 124 Å². The van der Waals surface area contributed by atoms with E-state index in [1.165, 1.54) is 58.0 Å². The number of esters is 2. The number of rotatable bonds is 7. The summed E-state index contributed by atoms with van der Waals surface area (Å²) in [6.45, 7) is 11.0. The molecule has 7 heterocycles. The number of carbonyl (C=O) groups excluding carboxylic acids is 12. The highest BCUT2D eigenvalue weighted by atomic mass is 35.5. The summed E-state index contributed by atoms with van der Waals surface area (Å²) in [7, 11) is 1.47. The number of benzene rings is 2. The van der Waals surface area contributed by atoms with Crippen LogP contribution < -0.4 is 21.3 Å². The number of hydrogen-bond acceptors (Lipinski definition) is 19. The quantitative estimate of drug-likeness (QED) is 0.141. The number of piperidine rings is 1. The molecule has 2 bridgehead atoms. The van der Waals surface area contributed by atoms with E-state index < -0.39 is 119 Å². The van der Waals surface area contributed by atoms with Crippen LogP contribution in [-0.4, -0.2) is 192 Å². The van der Waals surface area contributed by atoms with Crippen molar-refractivity contribution in [3.63, 3.8) is 0 Å². The van der Waals surface area contributed by atoms with Crippen LogP contribution in [0.5, 0.6) is 5.75 Å². The van der Waals surface area contributed by atoms with Gasteiger partial charge < -0.3 is 65.0 Å². The highest BCUT2D eigenvalue weighted by Crippen LogP contribution is 2.29. The molecule has 0 saturated carbocycles. The maximum Gasteiger partial charge on any atom is 0.355 e. The first-order valence-electron chi connectivity index (χ1n) is 32.8. The number of aliphatic hydroxyl groups excluding tert-OH is 1. The third-order valence-corrected chi connectivity index (χ3v) is 17.4. The monoisotopic (exact) mass is 1380 g/mol. The maximum atomic E-state index is 14.8. The number of allylic oxidation sites excluding steroid dienone is 2. The molecule has 10 unspecified atom stereocenters. The standard InChI is InChI=1S/C43H49N7O10.C28H35N3O7.ClH/c1-4-29-40(56)49-21-12-17-30(49)41(57)48(3)32(23-26-13-7-5-8-14-26)42(58)50-22-19-28(51)24-31(50)37(53)47-35(27-15-9-6-10-16-27)43(59)60-25(2)34(38(54)45-29)46-39(55)36-33(52)18-11-20-44-36;1-17(2)26-19(4)9-10-24(34)29-11-5-7-18(3)13-20(32)14-21(33)15-25-30-22(16-37-25)27(35)31-12-6-8-23(31)28(36)38-26;/h5-11,13-16,18,20,25,29-32,34-35,52H,4,12,17,19,21-24H2,1-3H3,(H,45,54)(H,46,55)(H,47,53);5,7-10,13,16-17,19-20,26,32H,6,11-12,14-15H2,1-4H3,(H,29,34);1H. The number of amides is 8. The second kappa shape index (κ2) is 35.4. The molecule has 3 saturated heterocycles. The predicted octanol–water partition coefficient (Wildman–Crippen LogP) is 4.29. The van der Waals surface area contributed by atoms with E-state index in [4.69, 9.17) is 13.9 Å². The molecular formula is C71H85ClN10O17. The van der Waals surface area contributed by atoms with Crippen molar-refractivity contribution >= 4 is 83.2 Å². The molecule has 9 rings (SSSR count). The lowest BCUT2D eigenvalue weighted by molar-refractivity contribution is -0.157. The van der Waals surface area contributed by atoms with Crippen molar-refractivity contribution in [2.45, 2.75) is 154 Å². The van der Waals surface area contributed by atoms with E-state index in [1.54, 1.807) is 98.8 Å². The minimum absolute atomic E-state index is 0. The van der Waals surface area contributed by atoms with Crippen LogP contribution in [0.25, 0.3) is 0 Å². The molecule has 528 valence electrons. The predicted molar refractivity (Wildman–Crippen MR) is 359 cm³/mol. The summed E-state index contributed by atoms with van der Waals surface area (Å²) in [6.07, 6.45) is 9.72. The number of nitrogens with one attached hydrogen (secondary N) is 4. The fourth-order valence-corrected chi connectivity index (χ4v) is 12.2. The smallest absolute Gasteiger partial charge is 0.355 e. The van der Waals surface area contributed by atoms with Crippen LogP contribution >= 0.6 is 12.4 Å². The molecule has 8 amide bonds. The van der Waals surface area contributed by atoms with Gasteiger partial charge in [0.05, 0.1) is 12.5 Å². The van der Waals surface area contributed by atoms with Crippen molar-refractivity contribution < 1.29 is 81.6 Å². The number of oxazole rings is 1. The third kappa shape index (κ3) is 19.8. The Kier molecular flexibility index (Phi) is 27.2. The zero-order valence-corrected chi connectivity index (χ0v) is 57.0. The Bertz CT molecular complexity index is 3760. The molecule has 2 aromatic carbocycles. The number of ketones is 2. The Morgan fingerprint density at radius 3 is 2.21 bits per heavy atom. The highest BCUT2D eigenvalue weighted by Gasteiger charge is 2.46. The average molecular weight is 1390 g/mol. The fraction of sp³-hybridized carbons (Fsp3) is 0.437. The van der Waals surface area contributed by atoms with Crippen LogP contribution in [0.3, 0.4) is 0 Å². The molecule has 5 aliphatic heterocycles. The summed E-state index contributed by atoms with van der Waals surface area (Å²) in [4.78, 5) is 177. The van der Waals surface area contributed by atoms with Crippen molar-refractivity contribution in [1.29, 1.82) is 0 Å². The minimum Gasteiger partial charge on any atom is -0.505 e. The zero-order valence-electron chi connectivity index (χ0n) is 56.2. The normalized spacial score (nSPS) is 25.3. The Morgan fingerprint density at radius 1 is 0.808 bits per heavy atom. The van der Waals surface area contributed by atoms with Gasteiger partial charge in [0.2, 0.25) is 41.3 Å². The van der Waals surface area contributed by atoms with Gasteiger partial charge in [-0.2, -0.15) is 0 Å². The Balaban J connectivity index is 0.000000305. The van der Waals surface area contributed by atoms with E-state index in [1.807, 2.05) is 26.8 Å². The lowest BCUT2D eigenvalue weighted by atomic mass is 9.94. The number of Topliss-reactive ketones (excluding diaryl/α,β-unsaturated/α-hetero) is 2. The summed E-state index contributed by atoms with van der Waals surface area (Å²) in [6, 6.07) is 11.7. The van der Waals surface area contributed by atoms with Crippen molar-refractivity contribution in [2.75, 3.05) is 33.2 Å². The molecule has 27 nitrogen and oxygen atoms in total. The summed E-state index contributed by atoms with van der Waals surface area (Å²) < 4.78 is 17.0. The zero-order chi connectivity index (χ0) is 70.9. The van der Waals surface area contributed by atoms with Gasteiger partial charge in [-0.15, -0.1) is 12.4 Å². The van der Waals surface area contributed by atoms with E-state index >= 15 is 0 Å². The number of hydrogen-bond donors (Lipinski definition) is 6. The molecule has 5 aliphatic rings. The Hall–Kier alpha value is -10.2. The first-order chi connectivity index (χ1) is 46.8. The molecular weight excluding hydrogens is 1300 g/mol. The SMILES string of the molecule is CC1=CC(O)CC(=O)Cc2nc(co2)C(=O)N2CCC=C2C(=O)OC(C(C)C)C(C)C=CC(=O)NCC=C1.CCC1NC(=O)C(NC(=O)c2ncccc2O)C(C)OC(=O)C(c2ccccc2)NC(=O)C2CC(=O)CCN2C(=O)C(Cc2ccccc2)N(C)C(=O)C2CCCN2C1=O.Cl. The van der Waals surface area contributed by atoms with Gasteiger partial charge in [0.25, 0.3) is 11.8 Å². The second-order valence-corrected chi connectivity index (χ2v) is 25.0. The summed E-state index contributed by atoms with van der Waals surface area (Å²) in [5, 5.41) is 31.2. The van der Waals surface area contributed by atoms with Gasteiger partial charge in [0, 0.05) is 71.0 Å². The van der Waals surface area contributed by atoms with Crippen LogP contribution in [0.1, 0.15) is 131 Å². The van der Waals surface area contributed by atoms with Gasteiger partial charge in [-0.05, 0) is 74.8 Å². The number of halogens is 1. The average Bonchev–Trinajstić information content (AvgIpc) is 1.57. The van der Waals surface area contributed by atoms with Crippen LogP contribution in [0.4, 0.5) is 0 Å². The van der Waals surface area contributed by atoms with Gasteiger partial charge in [-0.25, -0.2) is 19.6 Å². The number of aromatic hydroxyl groups is 1. The summed E-state index contributed by atoms with van der Waals surface area (Å²) in [5.74, 6) is -8.36. The van der Waals surface area contributed by atoms with Gasteiger partial charge >= 0.3 is 11.9 Å². The van der Waals surface area contributed by atoms with Crippen LogP contribution in [0, 0.1) is 11.8 Å². The highest BCUT2D eigenvalue weighted by molar-refractivity contribution is 6.02.